The van der Waals surface area contributed by atoms with Gasteiger partial charge in [0.1, 0.15) is 12.1 Å². The van der Waals surface area contributed by atoms with E-state index < -0.39 is 0 Å². The standard InChI is InChI=1S/C13H16N2O2/c14-10-3-4-12-11(7-10)15-13(17-12)8-16-6-5-9-1-2-9/h3-4,7,9H,1-2,5-6,8,14H2. The number of ether oxygens (including phenoxy) is 1. The van der Waals surface area contributed by atoms with Crippen molar-refractivity contribution in [2.45, 2.75) is 25.9 Å². The average molecular weight is 232 g/mol. The van der Waals surface area contributed by atoms with E-state index in [4.69, 9.17) is 14.9 Å². The number of anilines is 1. The van der Waals surface area contributed by atoms with Crippen molar-refractivity contribution >= 4 is 16.8 Å². The van der Waals surface area contributed by atoms with Gasteiger partial charge in [-0.25, -0.2) is 4.98 Å². The molecule has 3 rings (SSSR count). The van der Waals surface area contributed by atoms with Crippen molar-refractivity contribution in [3.8, 4) is 0 Å². The number of hydrogen-bond acceptors (Lipinski definition) is 4. The summed E-state index contributed by atoms with van der Waals surface area (Å²) < 4.78 is 11.1. The van der Waals surface area contributed by atoms with Crippen molar-refractivity contribution in [3.05, 3.63) is 24.1 Å². The van der Waals surface area contributed by atoms with Crippen molar-refractivity contribution in [1.82, 2.24) is 4.98 Å². The van der Waals surface area contributed by atoms with Crippen LogP contribution in [-0.4, -0.2) is 11.6 Å². The van der Waals surface area contributed by atoms with Gasteiger partial charge < -0.3 is 14.9 Å². The Kier molecular flexibility index (Phi) is 2.73. The molecule has 0 amide bonds. The largest absolute Gasteiger partial charge is 0.438 e. The SMILES string of the molecule is Nc1ccc2oc(COCCC3CC3)nc2c1. The summed E-state index contributed by atoms with van der Waals surface area (Å²) in [5.74, 6) is 1.53. The normalized spacial score (nSPS) is 15.5. The first-order valence-corrected chi connectivity index (χ1v) is 6.04. The number of rotatable bonds is 5. The summed E-state index contributed by atoms with van der Waals surface area (Å²) in [6.07, 6.45) is 3.89. The molecule has 0 aliphatic heterocycles. The molecule has 2 N–H and O–H groups in total. The third-order valence-electron chi connectivity index (χ3n) is 3.05. The lowest BCUT2D eigenvalue weighted by atomic mass is 10.3. The highest BCUT2D eigenvalue weighted by Crippen LogP contribution is 2.32. The number of hydrogen-bond donors (Lipinski definition) is 1. The van der Waals surface area contributed by atoms with E-state index in [1.54, 1.807) is 0 Å². The topological polar surface area (TPSA) is 61.3 Å². The lowest BCUT2D eigenvalue weighted by Gasteiger charge is -1.99. The smallest absolute Gasteiger partial charge is 0.221 e. The molecular formula is C13H16N2O2. The van der Waals surface area contributed by atoms with Gasteiger partial charge in [-0.3, -0.25) is 0 Å². The van der Waals surface area contributed by atoms with E-state index in [-0.39, 0.29) is 0 Å². The maximum Gasteiger partial charge on any atom is 0.221 e. The Morgan fingerprint density at radius 3 is 3.12 bits per heavy atom. The fraction of sp³-hybridized carbons (Fsp3) is 0.462. The molecule has 1 aliphatic carbocycles. The Morgan fingerprint density at radius 1 is 1.41 bits per heavy atom. The Hall–Kier alpha value is -1.55. The van der Waals surface area contributed by atoms with Gasteiger partial charge in [-0.05, 0) is 30.5 Å². The summed E-state index contributed by atoms with van der Waals surface area (Å²) in [6.45, 7) is 1.24. The monoisotopic (exact) mass is 232 g/mol. The molecule has 0 unspecified atom stereocenters. The van der Waals surface area contributed by atoms with E-state index in [1.807, 2.05) is 18.2 Å². The molecule has 1 fully saturated rings. The van der Waals surface area contributed by atoms with E-state index in [0.717, 1.165) is 30.0 Å². The van der Waals surface area contributed by atoms with Gasteiger partial charge in [-0.1, -0.05) is 12.8 Å². The zero-order valence-electron chi connectivity index (χ0n) is 9.69. The summed E-state index contributed by atoms with van der Waals surface area (Å²) in [5.41, 5.74) is 7.94. The third-order valence-corrected chi connectivity index (χ3v) is 3.05. The maximum atomic E-state index is 5.68. The second kappa shape index (κ2) is 4.37. The third kappa shape index (κ3) is 2.58. The number of oxazole rings is 1. The van der Waals surface area contributed by atoms with Crippen LogP contribution < -0.4 is 5.73 Å². The fourth-order valence-corrected chi connectivity index (χ4v) is 1.87. The molecule has 1 aromatic carbocycles. The predicted molar refractivity (Wildman–Crippen MR) is 65.4 cm³/mol. The van der Waals surface area contributed by atoms with Crippen LogP contribution in [0.1, 0.15) is 25.2 Å². The molecule has 1 aromatic heterocycles. The van der Waals surface area contributed by atoms with Gasteiger partial charge in [0.05, 0.1) is 0 Å². The van der Waals surface area contributed by atoms with E-state index in [2.05, 4.69) is 4.98 Å². The quantitative estimate of drug-likeness (QED) is 0.636. The van der Waals surface area contributed by atoms with Crippen LogP contribution in [-0.2, 0) is 11.3 Å². The minimum absolute atomic E-state index is 0.446. The van der Waals surface area contributed by atoms with Crippen molar-refractivity contribution in [1.29, 1.82) is 0 Å². The minimum Gasteiger partial charge on any atom is -0.438 e. The van der Waals surface area contributed by atoms with Gasteiger partial charge in [0.2, 0.25) is 5.89 Å². The summed E-state index contributed by atoms with van der Waals surface area (Å²) in [5, 5.41) is 0. The maximum absolute atomic E-state index is 5.68. The lowest BCUT2D eigenvalue weighted by Crippen LogP contribution is -1.96. The molecule has 0 atom stereocenters. The summed E-state index contributed by atoms with van der Waals surface area (Å²) in [7, 11) is 0. The Bertz CT molecular complexity index is 517. The molecule has 2 aromatic rings. The first kappa shape index (κ1) is 10.6. The van der Waals surface area contributed by atoms with E-state index in [1.165, 1.54) is 12.8 Å². The number of nitrogen functional groups attached to an aromatic ring is 1. The van der Waals surface area contributed by atoms with Crippen LogP contribution in [0.15, 0.2) is 22.6 Å². The van der Waals surface area contributed by atoms with Crippen LogP contribution >= 0.6 is 0 Å². The number of benzene rings is 1. The van der Waals surface area contributed by atoms with Gasteiger partial charge >= 0.3 is 0 Å². The molecule has 4 nitrogen and oxygen atoms in total. The van der Waals surface area contributed by atoms with Crippen LogP contribution in [0.3, 0.4) is 0 Å². The molecule has 0 radical (unpaired) electrons. The Balaban J connectivity index is 1.60. The summed E-state index contributed by atoms with van der Waals surface area (Å²) in [6, 6.07) is 5.46. The second-order valence-electron chi connectivity index (χ2n) is 4.62. The zero-order chi connectivity index (χ0) is 11.7. The van der Waals surface area contributed by atoms with Gasteiger partial charge in [-0.15, -0.1) is 0 Å². The molecule has 0 spiro atoms. The number of fused-ring (bicyclic) bond motifs is 1. The highest BCUT2D eigenvalue weighted by Gasteiger charge is 2.20. The molecule has 90 valence electrons. The Morgan fingerprint density at radius 2 is 2.29 bits per heavy atom. The van der Waals surface area contributed by atoms with Gasteiger partial charge in [0, 0.05) is 12.3 Å². The van der Waals surface area contributed by atoms with Crippen LogP contribution in [0.25, 0.3) is 11.1 Å². The van der Waals surface area contributed by atoms with E-state index >= 15 is 0 Å². The van der Waals surface area contributed by atoms with Crippen LogP contribution in [0.2, 0.25) is 0 Å². The van der Waals surface area contributed by atoms with Gasteiger partial charge in [0.15, 0.2) is 5.58 Å². The number of nitrogens with zero attached hydrogens (tertiary/aromatic N) is 1. The molecule has 4 heteroatoms. The van der Waals surface area contributed by atoms with Gasteiger partial charge in [0.25, 0.3) is 0 Å². The van der Waals surface area contributed by atoms with Gasteiger partial charge in [-0.2, -0.15) is 0 Å². The molecular weight excluding hydrogens is 216 g/mol. The first-order valence-electron chi connectivity index (χ1n) is 6.04. The highest BCUT2D eigenvalue weighted by molar-refractivity contribution is 5.76. The highest BCUT2D eigenvalue weighted by atomic mass is 16.5. The Labute approximate surface area is 99.8 Å². The number of nitrogens with two attached hydrogens (primary N) is 1. The van der Waals surface area contributed by atoms with Crippen LogP contribution in [0.4, 0.5) is 5.69 Å². The first-order chi connectivity index (χ1) is 8.31. The lowest BCUT2D eigenvalue weighted by molar-refractivity contribution is 0.0986. The van der Waals surface area contributed by atoms with E-state index in [0.29, 0.717) is 18.2 Å². The summed E-state index contributed by atoms with van der Waals surface area (Å²) in [4.78, 5) is 4.33. The predicted octanol–water partition coefficient (Wildman–Crippen LogP) is 2.73. The minimum atomic E-state index is 0.446. The fourth-order valence-electron chi connectivity index (χ4n) is 1.87. The van der Waals surface area contributed by atoms with Crippen molar-refractivity contribution in [2.75, 3.05) is 12.3 Å². The molecule has 1 aliphatic rings. The van der Waals surface area contributed by atoms with E-state index in [9.17, 15) is 0 Å². The second-order valence-corrected chi connectivity index (χ2v) is 4.62. The molecule has 1 heterocycles. The number of aromatic nitrogens is 1. The molecule has 0 saturated heterocycles. The molecule has 1 saturated carbocycles. The van der Waals surface area contributed by atoms with Crippen molar-refractivity contribution < 1.29 is 9.15 Å². The summed E-state index contributed by atoms with van der Waals surface area (Å²) >= 11 is 0. The van der Waals surface area contributed by atoms with Crippen molar-refractivity contribution in [2.24, 2.45) is 5.92 Å². The average Bonchev–Trinajstić information content (AvgIpc) is 3.04. The van der Waals surface area contributed by atoms with Crippen molar-refractivity contribution in [3.63, 3.8) is 0 Å². The zero-order valence-corrected chi connectivity index (χ0v) is 9.69. The molecule has 0 bridgehead atoms. The van der Waals surface area contributed by atoms with Crippen LogP contribution in [0, 0.1) is 5.92 Å². The van der Waals surface area contributed by atoms with Crippen LogP contribution in [0.5, 0.6) is 0 Å². The molecule has 17 heavy (non-hydrogen) atoms.